The number of piperidine rings is 1. The van der Waals surface area contributed by atoms with Crippen molar-refractivity contribution < 1.29 is 9.13 Å². The van der Waals surface area contributed by atoms with Gasteiger partial charge in [-0.05, 0) is 49.5 Å². The second-order valence-corrected chi connectivity index (χ2v) is 5.20. The molecule has 2 saturated heterocycles. The second-order valence-electron chi connectivity index (χ2n) is 5.20. The molecule has 3 heteroatoms. The molecule has 1 unspecified atom stereocenters. The summed E-state index contributed by atoms with van der Waals surface area (Å²) in [7, 11) is 0. The second kappa shape index (κ2) is 4.39. The van der Waals surface area contributed by atoms with Crippen LogP contribution in [0.5, 0.6) is 0 Å². The quantitative estimate of drug-likeness (QED) is 0.847. The maximum absolute atomic E-state index is 13.0. The van der Waals surface area contributed by atoms with Gasteiger partial charge < -0.3 is 10.1 Å². The number of halogens is 1. The zero-order chi connectivity index (χ0) is 11.7. The van der Waals surface area contributed by atoms with E-state index in [-0.39, 0.29) is 11.2 Å². The van der Waals surface area contributed by atoms with Gasteiger partial charge in [0.15, 0.2) is 0 Å². The number of ether oxygens (including phenoxy) is 1. The van der Waals surface area contributed by atoms with Crippen molar-refractivity contribution in [1.29, 1.82) is 0 Å². The lowest BCUT2D eigenvalue weighted by Crippen LogP contribution is -2.56. The van der Waals surface area contributed by atoms with Gasteiger partial charge in [-0.3, -0.25) is 0 Å². The maximum atomic E-state index is 13.0. The number of hydrogen-bond acceptors (Lipinski definition) is 2. The lowest BCUT2D eigenvalue weighted by molar-refractivity contribution is -0.0948. The SMILES string of the molecule is Fc1ccc(C2(C3CCCNC3)COC2)cc1. The van der Waals surface area contributed by atoms with E-state index in [1.54, 1.807) is 12.1 Å². The molecule has 1 N–H and O–H groups in total. The van der Waals surface area contributed by atoms with Crippen LogP contribution in [-0.4, -0.2) is 26.3 Å². The Morgan fingerprint density at radius 2 is 2.00 bits per heavy atom. The van der Waals surface area contributed by atoms with E-state index in [0.29, 0.717) is 5.92 Å². The van der Waals surface area contributed by atoms with Crippen LogP contribution in [-0.2, 0) is 10.2 Å². The number of rotatable bonds is 2. The molecular formula is C14H18FNO. The standard InChI is InChI=1S/C14H18FNO/c15-13-5-3-11(4-6-13)14(9-17-10-14)12-2-1-7-16-8-12/h3-6,12,16H,1-2,7-10H2. The molecule has 17 heavy (non-hydrogen) atoms. The highest BCUT2D eigenvalue weighted by Gasteiger charge is 2.46. The van der Waals surface area contributed by atoms with E-state index >= 15 is 0 Å². The fourth-order valence-corrected chi connectivity index (χ4v) is 3.07. The van der Waals surface area contributed by atoms with Crippen LogP contribution in [0.1, 0.15) is 18.4 Å². The Balaban J connectivity index is 1.87. The monoisotopic (exact) mass is 235 g/mol. The molecule has 3 rings (SSSR count). The molecule has 2 fully saturated rings. The van der Waals surface area contributed by atoms with Crippen LogP contribution in [0.15, 0.2) is 24.3 Å². The van der Waals surface area contributed by atoms with Gasteiger partial charge in [0.2, 0.25) is 0 Å². The Morgan fingerprint density at radius 3 is 2.53 bits per heavy atom. The first kappa shape index (κ1) is 11.2. The van der Waals surface area contributed by atoms with Gasteiger partial charge in [-0.25, -0.2) is 4.39 Å². The third-order valence-corrected chi connectivity index (χ3v) is 4.22. The van der Waals surface area contributed by atoms with Gasteiger partial charge in [0.1, 0.15) is 5.82 Å². The van der Waals surface area contributed by atoms with Gasteiger partial charge in [0, 0.05) is 5.41 Å². The molecule has 0 saturated carbocycles. The molecule has 1 aromatic rings. The molecule has 2 heterocycles. The van der Waals surface area contributed by atoms with Gasteiger partial charge in [0.25, 0.3) is 0 Å². The third-order valence-electron chi connectivity index (χ3n) is 4.22. The average molecular weight is 235 g/mol. The normalized spacial score (nSPS) is 27.5. The smallest absolute Gasteiger partial charge is 0.123 e. The molecule has 2 aliphatic rings. The van der Waals surface area contributed by atoms with Crippen LogP contribution in [0.4, 0.5) is 4.39 Å². The summed E-state index contributed by atoms with van der Waals surface area (Å²) in [5.74, 6) is 0.460. The number of hydrogen-bond donors (Lipinski definition) is 1. The van der Waals surface area contributed by atoms with Gasteiger partial charge in [-0.1, -0.05) is 12.1 Å². The third kappa shape index (κ3) is 1.87. The largest absolute Gasteiger partial charge is 0.379 e. The summed E-state index contributed by atoms with van der Waals surface area (Å²) in [6.45, 7) is 3.74. The molecule has 0 bridgehead atoms. The van der Waals surface area contributed by atoms with Crippen molar-refractivity contribution in [3.05, 3.63) is 35.6 Å². The molecular weight excluding hydrogens is 217 g/mol. The molecule has 0 amide bonds. The van der Waals surface area contributed by atoms with Crippen molar-refractivity contribution in [1.82, 2.24) is 5.32 Å². The zero-order valence-corrected chi connectivity index (χ0v) is 9.92. The Morgan fingerprint density at radius 1 is 1.24 bits per heavy atom. The molecule has 1 aromatic carbocycles. The summed E-state index contributed by atoms with van der Waals surface area (Å²) in [6, 6.07) is 6.97. The first-order valence-electron chi connectivity index (χ1n) is 6.36. The van der Waals surface area contributed by atoms with E-state index in [2.05, 4.69) is 5.32 Å². The predicted molar refractivity (Wildman–Crippen MR) is 64.5 cm³/mol. The van der Waals surface area contributed by atoms with Crippen molar-refractivity contribution in [2.45, 2.75) is 18.3 Å². The molecule has 0 radical (unpaired) electrons. The van der Waals surface area contributed by atoms with Crippen molar-refractivity contribution in [2.75, 3.05) is 26.3 Å². The van der Waals surface area contributed by atoms with Gasteiger partial charge >= 0.3 is 0 Å². The average Bonchev–Trinajstić information content (AvgIpc) is 2.32. The topological polar surface area (TPSA) is 21.3 Å². The summed E-state index contributed by atoms with van der Waals surface area (Å²) in [6.07, 6.45) is 2.47. The van der Waals surface area contributed by atoms with Crippen LogP contribution in [0.2, 0.25) is 0 Å². The number of nitrogens with one attached hydrogen (secondary N) is 1. The first-order valence-corrected chi connectivity index (χ1v) is 6.36. The highest BCUT2D eigenvalue weighted by atomic mass is 19.1. The van der Waals surface area contributed by atoms with Crippen LogP contribution < -0.4 is 5.32 Å². The molecule has 2 nitrogen and oxygen atoms in total. The summed E-state index contributed by atoms with van der Waals surface area (Å²) >= 11 is 0. The molecule has 92 valence electrons. The summed E-state index contributed by atoms with van der Waals surface area (Å²) < 4.78 is 18.5. The Bertz CT molecular complexity index is 380. The first-order chi connectivity index (χ1) is 8.31. The van der Waals surface area contributed by atoms with Gasteiger partial charge in [0.05, 0.1) is 13.2 Å². The minimum absolute atomic E-state index is 0.126. The minimum Gasteiger partial charge on any atom is -0.379 e. The molecule has 2 aliphatic heterocycles. The lowest BCUT2D eigenvalue weighted by Gasteiger charge is -2.49. The Labute approximate surface area is 101 Å². The number of benzene rings is 1. The van der Waals surface area contributed by atoms with E-state index in [1.807, 2.05) is 12.1 Å². The summed E-state index contributed by atoms with van der Waals surface area (Å²) in [5.41, 5.74) is 1.36. The van der Waals surface area contributed by atoms with Gasteiger partial charge in [-0.15, -0.1) is 0 Å². The predicted octanol–water partition coefficient (Wildman–Crippen LogP) is 2.09. The van der Waals surface area contributed by atoms with Crippen LogP contribution in [0, 0.1) is 11.7 Å². The van der Waals surface area contributed by atoms with Crippen molar-refractivity contribution in [3.63, 3.8) is 0 Å². The van der Waals surface area contributed by atoms with Crippen molar-refractivity contribution in [2.24, 2.45) is 5.92 Å². The maximum Gasteiger partial charge on any atom is 0.123 e. The van der Waals surface area contributed by atoms with E-state index in [0.717, 1.165) is 26.3 Å². The van der Waals surface area contributed by atoms with Crippen molar-refractivity contribution >= 4 is 0 Å². The summed E-state index contributed by atoms with van der Waals surface area (Å²) in [4.78, 5) is 0. The fourth-order valence-electron chi connectivity index (χ4n) is 3.07. The van der Waals surface area contributed by atoms with Crippen LogP contribution in [0.25, 0.3) is 0 Å². The molecule has 0 aromatic heterocycles. The lowest BCUT2D eigenvalue weighted by atomic mass is 9.66. The van der Waals surface area contributed by atoms with E-state index in [1.165, 1.54) is 18.4 Å². The van der Waals surface area contributed by atoms with E-state index < -0.39 is 0 Å². The van der Waals surface area contributed by atoms with E-state index in [4.69, 9.17) is 4.74 Å². The van der Waals surface area contributed by atoms with E-state index in [9.17, 15) is 4.39 Å². The minimum atomic E-state index is -0.161. The Hall–Kier alpha value is -0.930. The summed E-state index contributed by atoms with van der Waals surface area (Å²) in [5, 5.41) is 3.46. The highest BCUT2D eigenvalue weighted by Crippen LogP contribution is 2.42. The molecule has 0 aliphatic carbocycles. The van der Waals surface area contributed by atoms with Gasteiger partial charge in [-0.2, -0.15) is 0 Å². The van der Waals surface area contributed by atoms with Crippen molar-refractivity contribution in [3.8, 4) is 0 Å². The molecule has 0 spiro atoms. The Kier molecular flexibility index (Phi) is 2.89. The zero-order valence-electron chi connectivity index (χ0n) is 9.92. The van der Waals surface area contributed by atoms with Crippen LogP contribution >= 0.6 is 0 Å². The fraction of sp³-hybridized carbons (Fsp3) is 0.571. The highest BCUT2D eigenvalue weighted by molar-refractivity contribution is 5.30. The van der Waals surface area contributed by atoms with Crippen LogP contribution in [0.3, 0.4) is 0 Å². The molecule has 1 atom stereocenters.